The molecule has 27 heavy (non-hydrogen) atoms. The van der Waals surface area contributed by atoms with Crippen LogP contribution in [0.3, 0.4) is 0 Å². The summed E-state index contributed by atoms with van der Waals surface area (Å²) in [6, 6.07) is 10.8. The molecule has 140 valence electrons. The predicted octanol–water partition coefficient (Wildman–Crippen LogP) is 3.54. The van der Waals surface area contributed by atoms with Crippen molar-refractivity contribution in [2.24, 2.45) is 0 Å². The van der Waals surface area contributed by atoms with E-state index in [1.807, 2.05) is 0 Å². The second-order valence-corrected chi connectivity index (χ2v) is 8.01. The molecular formula is C16H12BrFN4O4S. The highest BCUT2D eigenvalue weighted by Gasteiger charge is 2.20. The topological polar surface area (TPSA) is 107 Å². The molecule has 1 aromatic heterocycles. The Morgan fingerprint density at radius 2 is 1.96 bits per heavy atom. The highest BCUT2D eigenvalue weighted by atomic mass is 79.9. The van der Waals surface area contributed by atoms with Gasteiger partial charge in [0.25, 0.3) is 15.7 Å². The van der Waals surface area contributed by atoms with E-state index in [1.165, 1.54) is 35.1 Å². The Labute approximate surface area is 162 Å². The van der Waals surface area contributed by atoms with Crippen LogP contribution in [0.25, 0.3) is 0 Å². The number of benzene rings is 2. The van der Waals surface area contributed by atoms with Gasteiger partial charge in [-0.25, -0.2) is 12.8 Å². The SMILES string of the molecule is O=[N+]([O-])c1cccc(S(=O)(=O)Nc2nn(Cc3ccccc3F)cc2Br)c1. The van der Waals surface area contributed by atoms with Crippen LogP contribution >= 0.6 is 15.9 Å². The van der Waals surface area contributed by atoms with Gasteiger partial charge < -0.3 is 0 Å². The number of sulfonamides is 1. The average molecular weight is 455 g/mol. The Kier molecular flexibility index (Phi) is 5.24. The zero-order chi connectivity index (χ0) is 19.6. The number of nitro groups is 1. The summed E-state index contributed by atoms with van der Waals surface area (Å²) in [4.78, 5) is 9.88. The molecule has 2 aromatic carbocycles. The van der Waals surface area contributed by atoms with E-state index in [0.29, 0.717) is 10.0 Å². The average Bonchev–Trinajstić information content (AvgIpc) is 2.95. The molecule has 3 rings (SSSR count). The lowest BCUT2D eigenvalue weighted by Crippen LogP contribution is -2.14. The van der Waals surface area contributed by atoms with Crippen molar-refractivity contribution in [2.75, 3.05) is 4.72 Å². The lowest BCUT2D eigenvalue weighted by atomic mass is 10.2. The molecule has 11 heteroatoms. The van der Waals surface area contributed by atoms with Crippen LogP contribution in [-0.2, 0) is 16.6 Å². The fraction of sp³-hybridized carbons (Fsp3) is 0.0625. The van der Waals surface area contributed by atoms with Crippen LogP contribution < -0.4 is 4.72 Å². The summed E-state index contributed by atoms with van der Waals surface area (Å²) in [6.45, 7) is 0.101. The third kappa shape index (κ3) is 4.31. The zero-order valence-corrected chi connectivity index (χ0v) is 15.9. The number of hydrogen-bond acceptors (Lipinski definition) is 5. The molecule has 0 saturated heterocycles. The lowest BCUT2D eigenvalue weighted by molar-refractivity contribution is -0.385. The van der Waals surface area contributed by atoms with Gasteiger partial charge in [-0.15, -0.1) is 0 Å². The number of hydrogen-bond donors (Lipinski definition) is 1. The highest BCUT2D eigenvalue weighted by Crippen LogP contribution is 2.25. The van der Waals surface area contributed by atoms with Crippen molar-refractivity contribution in [1.29, 1.82) is 0 Å². The van der Waals surface area contributed by atoms with E-state index < -0.39 is 20.8 Å². The lowest BCUT2D eigenvalue weighted by Gasteiger charge is -2.06. The van der Waals surface area contributed by atoms with Crippen molar-refractivity contribution in [3.05, 3.63) is 80.7 Å². The number of rotatable bonds is 6. The van der Waals surface area contributed by atoms with Crippen molar-refractivity contribution in [2.45, 2.75) is 11.4 Å². The van der Waals surface area contributed by atoms with Crippen LogP contribution in [-0.4, -0.2) is 23.1 Å². The summed E-state index contributed by atoms with van der Waals surface area (Å²) in [5.41, 5.74) is 0.0441. The van der Waals surface area contributed by atoms with E-state index in [2.05, 4.69) is 25.8 Å². The van der Waals surface area contributed by atoms with Gasteiger partial charge in [-0.1, -0.05) is 24.3 Å². The number of halogens is 2. The zero-order valence-electron chi connectivity index (χ0n) is 13.5. The maximum Gasteiger partial charge on any atom is 0.270 e. The Morgan fingerprint density at radius 3 is 2.67 bits per heavy atom. The first kappa shape index (κ1) is 19.0. The van der Waals surface area contributed by atoms with Gasteiger partial charge in [-0.3, -0.25) is 19.5 Å². The van der Waals surface area contributed by atoms with Gasteiger partial charge in [-0.2, -0.15) is 5.10 Å². The van der Waals surface area contributed by atoms with Gasteiger partial charge in [0.15, 0.2) is 5.82 Å². The van der Waals surface area contributed by atoms with E-state index in [4.69, 9.17) is 0 Å². The number of aromatic nitrogens is 2. The molecular weight excluding hydrogens is 443 g/mol. The summed E-state index contributed by atoms with van der Waals surface area (Å²) in [5, 5.41) is 14.9. The minimum Gasteiger partial charge on any atom is -0.265 e. The maximum atomic E-state index is 13.8. The molecule has 0 bridgehead atoms. The van der Waals surface area contributed by atoms with Crippen molar-refractivity contribution < 1.29 is 17.7 Å². The molecule has 0 aliphatic rings. The summed E-state index contributed by atoms with van der Waals surface area (Å²) < 4.78 is 42.7. The van der Waals surface area contributed by atoms with Crippen LogP contribution in [0.4, 0.5) is 15.9 Å². The molecule has 0 amide bonds. The van der Waals surface area contributed by atoms with Gasteiger partial charge in [0.2, 0.25) is 0 Å². The van der Waals surface area contributed by atoms with Crippen molar-refractivity contribution in [3.8, 4) is 0 Å². The fourth-order valence-electron chi connectivity index (χ4n) is 2.30. The van der Waals surface area contributed by atoms with Gasteiger partial charge in [0.05, 0.1) is 20.8 Å². The van der Waals surface area contributed by atoms with E-state index in [-0.39, 0.29) is 22.9 Å². The summed E-state index contributed by atoms with van der Waals surface area (Å²) in [7, 11) is -4.09. The molecule has 0 radical (unpaired) electrons. The second kappa shape index (κ2) is 7.45. The minimum absolute atomic E-state index is 0.0159. The van der Waals surface area contributed by atoms with E-state index in [9.17, 15) is 22.9 Å². The quantitative estimate of drug-likeness (QED) is 0.452. The van der Waals surface area contributed by atoms with Crippen LogP contribution in [0, 0.1) is 15.9 Å². The molecule has 0 saturated carbocycles. The van der Waals surface area contributed by atoms with E-state index >= 15 is 0 Å². The van der Waals surface area contributed by atoms with Crippen LogP contribution in [0.5, 0.6) is 0 Å². The first-order chi connectivity index (χ1) is 12.8. The van der Waals surface area contributed by atoms with Crippen molar-refractivity contribution in [3.63, 3.8) is 0 Å². The smallest absolute Gasteiger partial charge is 0.265 e. The fourth-order valence-corrected chi connectivity index (χ4v) is 3.90. The largest absolute Gasteiger partial charge is 0.270 e. The van der Waals surface area contributed by atoms with Gasteiger partial charge in [-0.05, 0) is 28.1 Å². The van der Waals surface area contributed by atoms with Gasteiger partial charge >= 0.3 is 0 Å². The van der Waals surface area contributed by atoms with Crippen LogP contribution in [0.15, 0.2) is 64.1 Å². The molecule has 0 aliphatic carbocycles. The summed E-state index contributed by atoms with van der Waals surface area (Å²) in [5.74, 6) is -0.416. The molecule has 0 fully saturated rings. The Balaban J connectivity index is 1.85. The molecule has 1 N–H and O–H groups in total. The third-order valence-corrected chi connectivity index (χ3v) is 5.49. The molecule has 0 atom stereocenters. The number of anilines is 1. The Hall–Kier alpha value is -2.79. The standard InChI is InChI=1S/C16H12BrFN4O4S/c17-14-10-21(9-11-4-1-2-7-15(11)18)19-16(14)20-27(25,26)13-6-3-5-12(8-13)22(23)24/h1-8,10H,9H2,(H,19,20). The van der Waals surface area contributed by atoms with E-state index in [1.54, 1.807) is 18.2 Å². The number of nitro benzene ring substituents is 1. The van der Waals surface area contributed by atoms with Crippen molar-refractivity contribution >= 4 is 37.5 Å². The Bertz CT molecular complexity index is 1120. The van der Waals surface area contributed by atoms with Crippen molar-refractivity contribution in [1.82, 2.24) is 9.78 Å². The van der Waals surface area contributed by atoms with Gasteiger partial charge in [0, 0.05) is 23.9 Å². The molecule has 0 aliphatic heterocycles. The third-order valence-electron chi connectivity index (χ3n) is 3.58. The van der Waals surface area contributed by atoms with E-state index in [0.717, 1.165) is 6.07 Å². The molecule has 1 heterocycles. The Morgan fingerprint density at radius 1 is 1.22 bits per heavy atom. The molecule has 0 spiro atoms. The summed E-state index contributed by atoms with van der Waals surface area (Å²) >= 11 is 3.20. The number of non-ortho nitro benzene ring substituents is 1. The number of nitrogens with one attached hydrogen (secondary N) is 1. The predicted molar refractivity (Wildman–Crippen MR) is 99.3 cm³/mol. The first-order valence-electron chi connectivity index (χ1n) is 7.50. The summed E-state index contributed by atoms with van der Waals surface area (Å²) in [6.07, 6.45) is 1.50. The molecule has 8 nitrogen and oxygen atoms in total. The first-order valence-corrected chi connectivity index (χ1v) is 9.77. The second-order valence-electron chi connectivity index (χ2n) is 5.47. The van der Waals surface area contributed by atoms with Gasteiger partial charge in [0.1, 0.15) is 5.82 Å². The van der Waals surface area contributed by atoms with Crippen LogP contribution in [0.2, 0.25) is 0 Å². The number of nitrogens with zero attached hydrogens (tertiary/aromatic N) is 3. The normalized spacial score (nSPS) is 11.3. The minimum atomic E-state index is -4.09. The molecule has 0 unspecified atom stereocenters. The van der Waals surface area contributed by atoms with Crippen LogP contribution in [0.1, 0.15) is 5.56 Å². The highest BCUT2D eigenvalue weighted by molar-refractivity contribution is 9.10. The monoisotopic (exact) mass is 454 g/mol. The molecule has 3 aromatic rings. The maximum absolute atomic E-state index is 13.8.